The normalized spacial score (nSPS) is 22.3. The smallest absolute Gasteiger partial charge is 0.228 e. The summed E-state index contributed by atoms with van der Waals surface area (Å²) in [5.74, 6) is 2.60. The van der Waals surface area contributed by atoms with Crippen molar-refractivity contribution in [2.75, 3.05) is 0 Å². The first-order valence-electron chi connectivity index (χ1n) is 7.92. The quantitative estimate of drug-likeness (QED) is 0.739. The Morgan fingerprint density at radius 1 is 1.08 bits per heavy atom. The summed E-state index contributed by atoms with van der Waals surface area (Å²) in [6, 6.07) is 16.5. The van der Waals surface area contributed by atoms with E-state index >= 15 is 0 Å². The minimum atomic E-state index is -0.299. The number of fused-ring (bicyclic) bond motifs is 3. The highest BCUT2D eigenvalue weighted by molar-refractivity contribution is 7.11. The van der Waals surface area contributed by atoms with E-state index in [-0.39, 0.29) is 12.3 Å². The molecule has 2 aliphatic rings. The maximum Gasteiger partial charge on any atom is 0.228 e. The van der Waals surface area contributed by atoms with Crippen LogP contribution in [0.5, 0.6) is 5.75 Å². The lowest BCUT2D eigenvalue weighted by Crippen LogP contribution is -2.42. The van der Waals surface area contributed by atoms with Gasteiger partial charge >= 0.3 is 0 Å². The number of benzene rings is 1. The molecule has 2 aliphatic heterocycles. The number of thiophene rings is 1. The van der Waals surface area contributed by atoms with Crippen LogP contribution in [0.15, 0.2) is 64.4 Å². The first-order valence-corrected chi connectivity index (χ1v) is 8.80. The molecule has 24 heavy (non-hydrogen) atoms. The summed E-state index contributed by atoms with van der Waals surface area (Å²) < 4.78 is 12.1. The van der Waals surface area contributed by atoms with Gasteiger partial charge in [0.2, 0.25) is 6.23 Å². The molecule has 0 bridgehead atoms. The lowest BCUT2D eigenvalue weighted by Gasteiger charge is -2.37. The maximum absolute atomic E-state index is 6.25. The Morgan fingerprint density at radius 2 is 2.00 bits per heavy atom. The highest BCUT2D eigenvalue weighted by Crippen LogP contribution is 2.46. The summed E-state index contributed by atoms with van der Waals surface area (Å²) >= 11 is 1.73. The summed E-state index contributed by atoms with van der Waals surface area (Å²) in [5, 5.41) is 4.21. The van der Waals surface area contributed by atoms with Gasteiger partial charge in [-0.3, -0.25) is 0 Å². The summed E-state index contributed by atoms with van der Waals surface area (Å²) in [5.41, 5.74) is 5.79. The molecule has 4 nitrogen and oxygen atoms in total. The van der Waals surface area contributed by atoms with Gasteiger partial charge in [0, 0.05) is 5.56 Å². The highest BCUT2D eigenvalue weighted by Gasteiger charge is 2.41. The lowest BCUT2D eigenvalue weighted by atomic mass is 10.0. The fourth-order valence-corrected chi connectivity index (χ4v) is 3.99. The molecule has 1 aromatic carbocycles. The Labute approximate surface area is 143 Å². The van der Waals surface area contributed by atoms with Gasteiger partial charge in [0.25, 0.3) is 0 Å². The molecule has 2 aromatic heterocycles. The third-order valence-corrected chi connectivity index (χ3v) is 5.30. The van der Waals surface area contributed by atoms with E-state index in [4.69, 9.17) is 9.15 Å². The van der Waals surface area contributed by atoms with Crippen molar-refractivity contribution in [3.63, 3.8) is 0 Å². The second-order valence-electron chi connectivity index (χ2n) is 5.98. The van der Waals surface area contributed by atoms with E-state index in [2.05, 4.69) is 46.2 Å². The Hall–Kier alpha value is -2.50. The van der Waals surface area contributed by atoms with E-state index in [1.165, 1.54) is 4.88 Å². The number of rotatable bonds is 2. The third kappa shape index (κ3) is 2.09. The molecule has 0 fully saturated rings. The molecule has 0 amide bonds. The minimum absolute atomic E-state index is 0.113. The molecule has 5 rings (SSSR count). The number of para-hydroxylation sites is 1. The zero-order valence-corrected chi connectivity index (χ0v) is 13.9. The highest BCUT2D eigenvalue weighted by atomic mass is 32.1. The van der Waals surface area contributed by atoms with Crippen molar-refractivity contribution in [1.82, 2.24) is 10.4 Å². The fraction of sp³-hybridized carbons (Fsp3) is 0.158. The largest absolute Gasteiger partial charge is 0.466 e. The van der Waals surface area contributed by atoms with Crippen LogP contribution in [0.25, 0.3) is 5.70 Å². The number of nitrogens with one attached hydrogen (secondary N) is 1. The van der Waals surface area contributed by atoms with Gasteiger partial charge in [0.15, 0.2) is 5.76 Å². The monoisotopic (exact) mass is 336 g/mol. The van der Waals surface area contributed by atoms with Gasteiger partial charge in [0.05, 0.1) is 16.6 Å². The standard InChI is InChI=1S/C19H16N2O2S/c1-12-8-9-17(22-12)19-21-15(13-5-2-3-6-16(13)23-19)11-14(20-21)18-7-4-10-24-18/h2-11,15,19-20H,1H3. The van der Waals surface area contributed by atoms with Gasteiger partial charge in [-0.2, -0.15) is 5.01 Å². The topological polar surface area (TPSA) is 37.6 Å². The number of furan rings is 1. The predicted octanol–water partition coefficient (Wildman–Crippen LogP) is 4.64. The molecule has 0 radical (unpaired) electrons. The molecule has 2 atom stereocenters. The summed E-state index contributed by atoms with van der Waals surface area (Å²) in [6.07, 6.45) is 1.96. The summed E-state index contributed by atoms with van der Waals surface area (Å²) in [6.45, 7) is 1.95. The SMILES string of the molecule is Cc1ccc(C2Oc3ccccc3C3C=C(c4cccs4)NN32)o1. The number of ether oxygens (including phenoxy) is 1. The van der Waals surface area contributed by atoms with Gasteiger partial charge in [-0.05, 0) is 42.6 Å². The molecular weight excluding hydrogens is 320 g/mol. The average Bonchev–Trinajstić information content (AvgIpc) is 3.34. The van der Waals surface area contributed by atoms with Crippen molar-refractivity contribution in [2.45, 2.75) is 19.2 Å². The van der Waals surface area contributed by atoms with Crippen molar-refractivity contribution >= 4 is 17.0 Å². The van der Waals surface area contributed by atoms with Crippen LogP contribution >= 0.6 is 11.3 Å². The molecular formula is C19H16N2O2S. The van der Waals surface area contributed by atoms with E-state index in [9.17, 15) is 0 Å². The number of aryl methyl sites for hydroxylation is 1. The van der Waals surface area contributed by atoms with Crippen LogP contribution in [-0.2, 0) is 0 Å². The van der Waals surface area contributed by atoms with Crippen molar-refractivity contribution < 1.29 is 9.15 Å². The number of hydrazine groups is 1. The van der Waals surface area contributed by atoms with E-state index in [0.717, 1.165) is 28.5 Å². The second-order valence-corrected chi connectivity index (χ2v) is 6.93. The first kappa shape index (κ1) is 13.9. The van der Waals surface area contributed by atoms with Crippen LogP contribution in [-0.4, -0.2) is 5.01 Å². The van der Waals surface area contributed by atoms with Crippen LogP contribution in [0.2, 0.25) is 0 Å². The second kappa shape index (κ2) is 5.26. The van der Waals surface area contributed by atoms with Gasteiger partial charge in [-0.25, -0.2) is 0 Å². The third-order valence-electron chi connectivity index (χ3n) is 4.39. The van der Waals surface area contributed by atoms with Gasteiger partial charge in [-0.1, -0.05) is 24.3 Å². The average molecular weight is 336 g/mol. The number of hydrogen-bond acceptors (Lipinski definition) is 5. The van der Waals surface area contributed by atoms with Crippen LogP contribution in [0.1, 0.15) is 34.2 Å². The van der Waals surface area contributed by atoms with Crippen molar-refractivity contribution in [3.05, 3.63) is 81.9 Å². The van der Waals surface area contributed by atoms with Crippen molar-refractivity contribution in [2.24, 2.45) is 0 Å². The van der Waals surface area contributed by atoms with Crippen LogP contribution in [0.4, 0.5) is 0 Å². The Kier molecular flexibility index (Phi) is 3.04. The summed E-state index contributed by atoms with van der Waals surface area (Å²) in [7, 11) is 0. The van der Waals surface area contributed by atoms with Crippen molar-refractivity contribution in [1.29, 1.82) is 0 Å². The molecule has 3 aromatic rings. The zero-order valence-electron chi connectivity index (χ0n) is 13.1. The number of hydrogen-bond donors (Lipinski definition) is 1. The predicted molar refractivity (Wildman–Crippen MR) is 93.3 cm³/mol. The molecule has 1 N–H and O–H groups in total. The van der Waals surface area contributed by atoms with Crippen LogP contribution in [0.3, 0.4) is 0 Å². The molecule has 0 aliphatic carbocycles. The Morgan fingerprint density at radius 3 is 2.79 bits per heavy atom. The first-order chi connectivity index (χ1) is 11.8. The van der Waals surface area contributed by atoms with Crippen LogP contribution in [0, 0.1) is 6.92 Å². The Balaban J connectivity index is 1.60. The molecule has 5 heteroatoms. The molecule has 0 saturated carbocycles. The van der Waals surface area contributed by atoms with Crippen LogP contribution < -0.4 is 10.2 Å². The van der Waals surface area contributed by atoms with E-state index in [1.807, 2.05) is 31.2 Å². The molecule has 0 saturated heterocycles. The van der Waals surface area contributed by atoms with E-state index in [0.29, 0.717) is 0 Å². The fourth-order valence-electron chi connectivity index (χ4n) is 3.29. The van der Waals surface area contributed by atoms with Crippen molar-refractivity contribution in [3.8, 4) is 5.75 Å². The van der Waals surface area contributed by atoms with Gasteiger partial charge < -0.3 is 14.6 Å². The Bertz CT molecular complexity index is 913. The zero-order chi connectivity index (χ0) is 16.1. The van der Waals surface area contributed by atoms with E-state index < -0.39 is 0 Å². The van der Waals surface area contributed by atoms with E-state index in [1.54, 1.807) is 11.3 Å². The summed E-state index contributed by atoms with van der Waals surface area (Å²) in [4.78, 5) is 1.22. The van der Waals surface area contributed by atoms with Gasteiger partial charge in [0.1, 0.15) is 11.5 Å². The molecule has 4 heterocycles. The maximum atomic E-state index is 6.25. The lowest BCUT2D eigenvalue weighted by molar-refractivity contribution is -0.0457. The number of nitrogens with zero attached hydrogens (tertiary/aromatic N) is 1. The molecule has 120 valence electrons. The van der Waals surface area contributed by atoms with Gasteiger partial charge in [-0.15, -0.1) is 11.3 Å². The molecule has 2 unspecified atom stereocenters. The minimum Gasteiger partial charge on any atom is -0.466 e. The molecule has 0 spiro atoms.